The molecule has 4 nitrogen and oxygen atoms in total. The van der Waals surface area contributed by atoms with Crippen LogP contribution in [-0.2, 0) is 0 Å². The molecule has 0 unspecified atom stereocenters. The van der Waals surface area contributed by atoms with Crippen LogP contribution in [0.25, 0.3) is 21.9 Å². The maximum Gasteiger partial charge on any atom is 0.180 e. The van der Waals surface area contributed by atoms with Gasteiger partial charge >= 0.3 is 0 Å². The number of hydrogen-bond acceptors (Lipinski definition) is 4. The fraction of sp³-hybridized carbons (Fsp3) is 0.312. The van der Waals surface area contributed by atoms with E-state index >= 15 is 0 Å². The molecule has 0 bridgehead atoms. The van der Waals surface area contributed by atoms with Crippen LogP contribution in [0.15, 0.2) is 28.8 Å². The van der Waals surface area contributed by atoms with Gasteiger partial charge in [0.25, 0.3) is 0 Å². The number of aromatic nitrogens is 1. The van der Waals surface area contributed by atoms with Crippen molar-refractivity contribution in [2.24, 2.45) is 0 Å². The summed E-state index contributed by atoms with van der Waals surface area (Å²) < 4.78 is 17.1. The van der Waals surface area contributed by atoms with E-state index in [0.717, 1.165) is 27.8 Å². The maximum atomic E-state index is 5.97. The minimum atomic E-state index is 0.299. The van der Waals surface area contributed by atoms with Crippen LogP contribution in [-0.4, -0.2) is 19.2 Å². The molecule has 4 heteroatoms. The Morgan fingerprint density at radius 2 is 1.85 bits per heavy atom. The predicted molar refractivity (Wildman–Crippen MR) is 78.7 cm³/mol. The molecule has 2 aromatic heterocycles. The number of ether oxygens (including phenoxy) is 2. The summed E-state index contributed by atoms with van der Waals surface area (Å²) in [4.78, 5) is 4.42. The van der Waals surface area contributed by atoms with E-state index in [0.29, 0.717) is 17.3 Å². The standard InChI is InChI=1S/C16H17NO3/c1-9(2)12-8-11-14(18-3)13-10(6-5-7-17-13)15(19-4)16(11)20-12/h5-9H,1-4H3. The van der Waals surface area contributed by atoms with Gasteiger partial charge in [-0.1, -0.05) is 13.8 Å². The summed E-state index contributed by atoms with van der Waals surface area (Å²) in [6, 6.07) is 5.85. The van der Waals surface area contributed by atoms with Gasteiger partial charge in [0.1, 0.15) is 11.3 Å². The van der Waals surface area contributed by atoms with E-state index in [2.05, 4.69) is 18.8 Å². The predicted octanol–water partition coefficient (Wildman–Crippen LogP) is 4.12. The molecule has 2 heterocycles. The highest BCUT2D eigenvalue weighted by atomic mass is 16.5. The van der Waals surface area contributed by atoms with Gasteiger partial charge in [-0.25, -0.2) is 0 Å². The summed E-state index contributed by atoms with van der Waals surface area (Å²) in [5.74, 6) is 2.64. The van der Waals surface area contributed by atoms with E-state index in [9.17, 15) is 0 Å². The molecule has 0 aliphatic carbocycles. The Morgan fingerprint density at radius 3 is 2.50 bits per heavy atom. The molecule has 104 valence electrons. The number of benzene rings is 1. The van der Waals surface area contributed by atoms with E-state index in [1.165, 1.54) is 0 Å². The van der Waals surface area contributed by atoms with Crippen LogP contribution in [0.2, 0.25) is 0 Å². The van der Waals surface area contributed by atoms with Crippen LogP contribution < -0.4 is 9.47 Å². The van der Waals surface area contributed by atoms with Crippen LogP contribution in [0.1, 0.15) is 25.5 Å². The van der Waals surface area contributed by atoms with Crippen molar-refractivity contribution in [3.05, 3.63) is 30.2 Å². The van der Waals surface area contributed by atoms with Gasteiger partial charge in [0.15, 0.2) is 17.1 Å². The first-order valence-corrected chi connectivity index (χ1v) is 6.59. The van der Waals surface area contributed by atoms with E-state index < -0.39 is 0 Å². The Morgan fingerprint density at radius 1 is 1.10 bits per heavy atom. The van der Waals surface area contributed by atoms with Crippen molar-refractivity contribution in [3.63, 3.8) is 0 Å². The molecular formula is C16H17NO3. The number of rotatable bonds is 3. The fourth-order valence-electron chi connectivity index (χ4n) is 2.46. The Kier molecular flexibility index (Phi) is 3.01. The van der Waals surface area contributed by atoms with Gasteiger partial charge < -0.3 is 13.9 Å². The summed E-state index contributed by atoms with van der Waals surface area (Å²) in [5, 5.41) is 1.79. The van der Waals surface area contributed by atoms with Crippen LogP contribution in [0, 0.1) is 0 Å². The SMILES string of the molecule is COc1c2cc(C(C)C)oc2c(OC)c2cccnc12. The molecule has 0 saturated heterocycles. The second-order valence-electron chi connectivity index (χ2n) is 5.01. The zero-order valence-corrected chi connectivity index (χ0v) is 12.1. The van der Waals surface area contributed by atoms with E-state index in [1.807, 2.05) is 18.2 Å². The van der Waals surface area contributed by atoms with E-state index in [-0.39, 0.29) is 0 Å². The van der Waals surface area contributed by atoms with Crippen molar-refractivity contribution in [1.29, 1.82) is 0 Å². The molecule has 20 heavy (non-hydrogen) atoms. The first kappa shape index (κ1) is 12.8. The molecule has 3 rings (SSSR count). The van der Waals surface area contributed by atoms with Gasteiger partial charge in [-0.2, -0.15) is 0 Å². The second kappa shape index (κ2) is 4.71. The van der Waals surface area contributed by atoms with Gasteiger partial charge in [0, 0.05) is 12.1 Å². The molecule has 0 radical (unpaired) electrons. The molecule has 0 aliphatic heterocycles. The highest BCUT2D eigenvalue weighted by Crippen LogP contribution is 2.43. The fourth-order valence-corrected chi connectivity index (χ4v) is 2.46. The molecule has 1 aromatic carbocycles. The summed E-state index contributed by atoms with van der Waals surface area (Å²) in [5.41, 5.74) is 1.50. The summed E-state index contributed by atoms with van der Waals surface area (Å²) in [7, 11) is 3.29. The minimum absolute atomic E-state index is 0.299. The largest absolute Gasteiger partial charge is 0.494 e. The van der Waals surface area contributed by atoms with Crippen LogP contribution in [0.4, 0.5) is 0 Å². The van der Waals surface area contributed by atoms with Crippen molar-refractivity contribution in [3.8, 4) is 11.5 Å². The first-order chi connectivity index (χ1) is 9.67. The average molecular weight is 271 g/mol. The lowest BCUT2D eigenvalue weighted by molar-refractivity contribution is 0.406. The molecule has 0 aliphatic rings. The van der Waals surface area contributed by atoms with Gasteiger partial charge in [0.05, 0.1) is 25.0 Å². The average Bonchev–Trinajstić information content (AvgIpc) is 2.89. The molecular weight excluding hydrogens is 254 g/mol. The number of methoxy groups -OCH3 is 2. The Bertz CT molecular complexity index is 714. The van der Waals surface area contributed by atoms with E-state index in [4.69, 9.17) is 13.9 Å². The highest BCUT2D eigenvalue weighted by molar-refractivity contribution is 6.07. The molecule has 0 fully saturated rings. The maximum absolute atomic E-state index is 5.97. The quantitative estimate of drug-likeness (QED) is 0.718. The van der Waals surface area contributed by atoms with Crippen molar-refractivity contribution < 1.29 is 13.9 Å². The summed E-state index contributed by atoms with van der Waals surface area (Å²) in [6.45, 7) is 4.18. The number of nitrogens with zero attached hydrogens (tertiary/aromatic N) is 1. The third kappa shape index (κ3) is 1.72. The van der Waals surface area contributed by atoms with Gasteiger partial charge in [-0.15, -0.1) is 0 Å². The van der Waals surface area contributed by atoms with Crippen LogP contribution >= 0.6 is 0 Å². The normalized spacial score (nSPS) is 11.4. The topological polar surface area (TPSA) is 44.5 Å². The molecule has 0 saturated carbocycles. The Labute approximate surface area is 117 Å². The first-order valence-electron chi connectivity index (χ1n) is 6.59. The zero-order chi connectivity index (χ0) is 14.3. The number of furan rings is 1. The third-order valence-electron chi connectivity index (χ3n) is 3.45. The number of pyridine rings is 1. The molecule has 0 N–H and O–H groups in total. The van der Waals surface area contributed by atoms with Crippen molar-refractivity contribution in [1.82, 2.24) is 4.98 Å². The lowest BCUT2D eigenvalue weighted by Crippen LogP contribution is -1.92. The highest BCUT2D eigenvalue weighted by Gasteiger charge is 2.21. The molecule has 0 spiro atoms. The van der Waals surface area contributed by atoms with E-state index in [1.54, 1.807) is 20.4 Å². The number of fused-ring (bicyclic) bond motifs is 2. The lowest BCUT2D eigenvalue weighted by atomic mass is 10.1. The molecule has 3 aromatic rings. The summed E-state index contributed by atoms with van der Waals surface area (Å²) >= 11 is 0. The smallest absolute Gasteiger partial charge is 0.180 e. The van der Waals surface area contributed by atoms with Crippen molar-refractivity contribution in [2.75, 3.05) is 14.2 Å². The van der Waals surface area contributed by atoms with Crippen LogP contribution in [0.3, 0.4) is 0 Å². The van der Waals surface area contributed by atoms with Gasteiger partial charge in [-0.05, 0) is 18.2 Å². The van der Waals surface area contributed by atoms with Gasteiger partial charge in [0.2, 0.25) is 0 Å². The lowest BCUT2D eigenvalue weighted by Gasteiger charge is -2.10. The Balaban J connectivity index is 2.51. The monoisotopic (exact) mass is 271 g/mol. The second-order valence-corrected chi connectivity index (χ2v) is 5.01. The van der Waals surface area contributed by atoms with Gasteiger partial charge in [-0.3, -0.25) is 4.98 Å². The molecule has 0 atom stereocenters. The Hall–Kier alpha value is -2.23. The van der Waals surface area contributed by atoms with Crippen molar-refractivity contribution >= 4 is 21.9 Å². The van der Waals surface area contributed by atoms with Crippen LogP contribution in [0.5, 0.6) is 11.5 Å². The van der Waals surface area contributed by atoms with Crippen molar-refractivity contribution in [2.45, 2.75) is 19.8 Å². The zero-order valence-electron chi connectivity index (χ0n) is 12.1. The minimum Gasteiger partial charge on any atom is -0.494 e. The third-order valence-corrected chi connectivity index (χ3v) is 3.45. The summed E-state index contributed by atoms with van der Waals surface area (Å²) in [6.07, 6.45) is 1.75. The molecule has 0 amide bonds. The number of hydrogen-bond donors (Lipinski definition) is 0.